The van der Waals surface area contributed by atoms with Gasteiger partial charge in [-0.15, -0.1) is 0 Å². The molecular formula is C22H22FN3O. The Morgan fingerprint density at radius 3 is 2.48 bits per heavy atom. The van der Waals surface area contributed by atoms with Crippen LogP contribution in [0.1, 0.15) is 28.4 Å². The Labute approximate surface area is 158 Å². The highest BCUT2D eigenvalue weighted by molar-refractivity contribution is 5.91. The van der Waals surface area contributed by atoms with E-state index in [4.69, 9.17) is 0 Å². The number of rotatable bonds is 2. The van der Waals surface area contributed by atoms with Crippen LogP contribution < -0.4 is 5.32 Å². The molecule has 3 aromatic rings. The summed E-state index contributed by atoms with van der Waals surface area (Å²) in [5, 5.41) is 3.05. The van der Waals surface area contributed by atoms with Gasteiger partial charge in [-0.2, -0.15) is 0 Å². The lowest BCUT2D eigenvalue weighted by molar-refractivity contribution is 0.180. The van der Waals surface area contributed by atoms with E-state index in [2.05, 4.69) is 9.88 Å². The van der Waals surface area contributed by atoms with Gasteiger partial charge < -0.3 is 14.8 Å². The number of aromatic nitrogens is 1. The molecule has 2 amide bonds. The highest BCUT2D eigenvalue weighted by Gasteiger charge is 2.34. The summed E-state index contributed by atoms with van der Waals surface area (Å²) in [7, 11) is 0. The number of aryl methyl sites for hydroxylation is 2. The second-order valence-corrected chi connectivity index (χ2v) is 6.94. The molecule has 0 bridgehead atoms. The molecule has 0 radical (unpaired) electrons. The number of benzene rings is 2. The van der Waals surface area contributed by atoms with E-state index in [0.29, 0.717) is 18.7 Å². The number of anilines is 1. The SMILES string of the molecule is Cc1cccc(C)c1NC(=O)N1CCn2cccc2[C@@H]1c1ccccc1F. The predicted octanol–water partition coefficient (Wildman–Crippen LogP) is 4.88. The van der Waals surface area contributed by atoms with Crippen molar-refractivity contribution in [2.75, 3.05) is 11.9 Å². The summed E-state index contributed by atoms with van der Waals surface area (Å²) in [6.45, 7) is 5.14. The smallest absolute Gasteiger partial charge is 0.322 e. The quantitative estimate of drug-likeness (QED) is 0.692. The second kappa shape index (κ2) is 6.91. The van der Waals surface area contributed by atoms with Crippen molar-refractivity contribution < 1.29 is 9.18 Å². The Morgan fingerprint density at radius 1 is 1.00 bits per heavy atom. The fourth-order valence-electron chi connectivity index (χ4n) is 3.82. The fraction of sp³-hybridized carbons (Fsp3) is 0.227. The molecule has 27 heavy (non-hydrogen) atoms. The van der Waals surface area contributed by atoms with Crippen LogP contribution in [0.4, 0.5) is 14.9 Å². The first kappa shape index (κ1) is 17.3. The van der Waals surface area contributed by atoms with Crippen molar-refractivity contribution in [3.8, 4) is 0 Å². The Hall–Kier alpha value is -3.08. The van der Waals surface area contributed by atoms with Crippen molar-refractivity contribution in [1.29, 1.82) is 0 Å². The molecule has 1 atom stereocenters. The van der Waals surface area contributed by atoms with E-state index in [-0.39, 0.29) is 11.8 Å². The van der Waals surface area contributed by atoms with Crippen LogP contribution in [0.2, 0.25) is 0 Å². The molecule has 0 aliphatic carbocycles. The topological polar surface area (TPSA) is 37.3 Å². The van der Waals surface area contributed by atoms with Gasteiger partial charge >= 0.3 is 6.03 Å². The number of carbonyl (C=O) groups excluding carboxylic acids is 1. The first-order valence-corrected chi connectivity index (χ1v) is 9.09. The van der Waals surface area contributed by atoms with Crippen molar-refractivity contribution >= 4 is 11.7 Å². The summed E-state index contributed by atoms with van der Waals surface area (Å²) in [4.78, 5) is 14.9. The molecule has 1 aromatic heterocycles. The Balaban J connectivity index is 1.73. The molecule has 0 spiro atoms. The van der Waals surface area contributed by atoms with Gasteiger partial charge in [0.1, 0.15) is 11.9 Å². The number of para-hydroxylation sites is 1. The lowest BCUT2D eigenvalue weighted by Gasteiger charge is -2.37. The summed E-state index contributed by atoms with van der Waals surface area (Å²) in [5.74, 6) is -0.304. The summed E-state index contributed by atoms with van der Waals surface area (Å²) in [6.07, 6.45) is 1.98. The number of fused-ring (bicyclic) bond motifs is 1. The maximum atomic E-state index is 14.6. The zero-order valence-electron chi connectivity index (χ0n) is 15.4. The van der Waals surface area contributed by atoms with Crippen molar-refractivity contribution in [2.45, 2.75) is 26.4 Å². The van der Waals surface area contributed by atoms with Crippen molar-refractivity contribution in [1.82, 2.24) is 9.47 Å². The maximum Gasteiger partial charge on any atom is 0.322 e. The first-order chi connectivity index (χ1) is 13.1. The number of hydrogen-bond acceptors (Lipinski definition) is 1. The average Bonchev–Trinajstić information content (AvgIpc) is 3.13. The van der Waals surface area contributed by atoms with E-state index in [1.54, 1.807) is 17.0 Å². The highest BCUT2D eigenvalue weighted by Crippen LogP contribution is 2.34. The van der Waals surface area contributed by atoms with E-state index in [9.17, 15) is 9.18 Å². The van der Waals surface area contributed by atoms with E-state index in [1.807, 2.05) is 56.4 Å². The maximum absolute atomic E-state index is 14.6. The van der Waals surface area contributed by atoms with Crippen LogP contribution in [-0.4, -0.2) is 22.0 Å². The molecular weight excluding hydrogens is 341 g/mol. The van der Waals surface area contributed by atoms with Crippen LogP contribution in [0.3, 0.4) is 0 Å². The first-order valence-electron chi connectivity index (χ1n) is 9.09. The molecule has 4 nitrogen and oxygen atoms in total. The van der Waals surface area contributed by atoms with Gasteiger partial charge in [0, 0.05) is 36.2 Å². The van der Waals surface area contributed by atoms with Gasteiger partial charge in [-0.3, -0.25) is 0 Å². The van der Waals surface area contributed by atoms with Gasteiger partial charge in [0.15, 0.2) is 0 Å². The summed E-state index contributed by atoms with van der Waals surface area (Å²) in [5.41, 5.74) is 4.25. The number of halogens is 1. The van der Waals surface area contributed by atoms with Crippen LogP contribution >= 0.6 is 0 Å². The van der Waals surface area contributed by atoms with Gasteiger partial charge in [0.2, 0.25) is 0 Å². The molecule has 0 unspecified atom stereocenters. The van der Waals surface area contributed by atoms with Crippen molar-refractivity contribution in [2.24, 2.45) is 0 Å². The standard InChI is InChI=1S/C22H22FN3O/c1-15-7-5-8-16(2)20(15)24-22(27)26-14-13-25-12-6-11-19(25)21(26)17-9-3-4-10-18(17)23/h3-12,21H,13-14H2,1-2H3,(H,24,27)/t21-/m0/s1. The van der Waals surface area contributed by atoms with Gasteiger partial charge in [-0.25, -0.2) is 9.18 Å². The van der Waals surface area contributed by atoms with E-state index in [0.717, 1.165) is 22.5 Å². The molecule has 5 heteroatoms. The number of nitrogens with one attached hydrogen (secondary N) is 1. The molecule has 1 N–H and O–H groups in total. The summed E-state index contributed by atoms with van der Waals surface area (Å²) >= 11 is 0. The Kier molecular flexibility index (Phi) is 4.44. The molecule has 0 saturated heterocycles. The number of urea groups is 1. The molecule has 138 valence electrons. The number of hydrogen-bond donors (Lipinski definition) is 1. The minimum absolute atomic E-state index is 0.215. The van der Waals surface area contributed by atoms with Crippen LogP contribution in [-0.2, 0) is 6.54 Å². The summed E-state index contributed by atoms with van der Waals surface area (Å²) in [6, 6.07) is 15.8. The van der Waals surface area contributed by atoms with Crippen molar-refractivity contribution in [3.05, 3.63) is 89.0 Å². The van der Waals surface area contributed by atoms with Gasteiger partial charge in [0.25, 0.3) is 0 Å². The van der Waals surface area contributed by atoms with Crippen LogP contribution in [0.5, 0.6) is 0 Å². The minimum atomic E-state index is -0.459. The largest absolute Gasteiger partial charge is 0.348 e. The molecule has 4 rings (SSSR count). The molecule has 0 fully saturated rings. The zero-order chi connectivity index (χ0) is 19.0. The highest BCUT2D eigenvalue weighted by atomic mass is 19.1. The fourth-order valence-corrected chi connectivity index (χ4v) is 3.82. The van der Waals surface area contributed by atoms with Crippen LogP contribution in [0, 0.1) is 19.7 Å². The third-order valence-corrected chi connectivity index (χ3v) is 5.21. The summed E-state index contributed by atoms with van der Waals surface area (Å²) < 4.78 is 16.7. The zero-order valence-corrected chi connectivity index (χ0v) is 15.4. The molecule has 2 heterocycles. The lowest BCUT2D eigenvalue weighted by atomic mass is 9.99. The third-order valence-electron chi connectivity index (χ3n) is 5.21. The number of amides is 2. The van der Waals surface area contributed by atoms with Gasteiger partial charge in [-0.1, -0.05) is 36.4 Å². The third kappa shape index (κ3) is 3.10. The lowest BCUT2D eigenvalue weighted by Crippen LogP contribution is -2.44. The Bertz CT molecular complexity index is 974. The Morgan fingerprint density at radius 2 is 1.74 bits per heavy atom. The monoisotopic (exact) mass is 363 g/mol. The average molecular weight is 363 g/mol. The number of nitrogens with zero attached hydrogens (tertiary/aromatic N) is 2. The van der Waals surface area contributed by atoms with Crippen LogP contribution in [0.25, 0.3) is 0 Å². The molecule has 0 saturated carbocycles. The van der Waals surface area contributed by atoms with Gasteiger partial charge in [0.05, 0.1) is 0 Å². The van der Waals surface area contributed by atoms with Crippen LogP contribution in [0.15, 0.2) is 60.8 Å². The second-order valence-electron chi connectivity index (χ2n) is 6.94. The van der Waals surface area contributed by atoms with E-state index in [1.165, 1.54) is 6.07 Å². The molecule has 1 aliphatic heterocycles. The van der Waals surface area contributed by atoms with E-state index < -0.39 is 6.04 Å². The molecule has 1 aliphatic rings. The molecule has 2 aromatic carbocycles. The van der Waals surface area contributed by atoms with Crippen molar-refractivity contribution in [3.63, 3.8) is 0 Å². The predicted molar refractivity (Wildman–Crippen MR) is 104 cm³/mol. The number of carbonyl (C=O) groups is 1. The van der Waals surface area contributed by atoms with E-state index >= 15 is 0 Å². The normalized spacial score (nSPS) is 16.1. The minimum Gasteiger partial charge on any atom is -0.348 e. The van der Waals surface area contributed by atoms with Gasteiger partial charge in [-0.05, 0) is 43.2 Å².